The number of ether oxygens (including phenoxy) is 1. The van der Waals surface area contributed by atoms with Crippen molar-refractivity contribution in [1.82, 2.24) is 15.0 Å². The number of halogens is 1. The molecular weight excluding hydrogens is 306 g/mol. The average molecular weight is 320 g/mol. The maximum absolute atomic E-state index is 12.4. The Hall–Kier alpha value is -2.18. The zero-order chi connectivity index (χ0) is 15.4. The maximum Gasteiger partial charge on any atom is 0.247 e. The van der Waals surface area contributed by atoms with E-state index in [2.05, 4.69) is 10.1 Å². The van der Waals surface area contributed by atoms with Crippen LogP contribution in [0.15, 0.2) is 41.3 Å². The number of nitrogens with zero attached hydrogens (tertiary/aromatic N) is 3. The lowest BCUT2D eigenvalue weighted by atomic mass is 10.2. The van der Waals surface area contributed by atoms with Crippen LogP contribution < -0.4 is 0 Å². The van der Waals surface area contributed by atoms with Gasteiger partial charge in [0, 0.05) is 17.6 Å². The van der Waals surface area contributed by atoms with E-state index >= 15 is 0 Å². The fraction of sp³-hybridized carbons (Fsp3) is 0.267. The van der Waals surface area contributed by atoms with Gasteiger partial charge in [0.1, 0.15) is 6.04 Å². The molecule has 6 nitrogen and oxygen atoms in total. The lowest BCUT2D eigenvalue weighted by Crippen LogP contribution is -2.43. The third kappa shape index (κ3) is 3.35. The number of hydrogen-bond acceptors (Lipinski definition) is 5. The molecule has 0 spiro atoms. The monoisotopic (exact) mass is 319 g/mol. The molecule has 1 aromatic heterocycles. The Morgan fingerprint density at radius 3 is 2.91 bits per heavy atom. The van der Waals surface area contributed by atoms with Gasteiger partial charge in [-0.1, -0.05) is 28.9 Å². The van der Waals surface area contributed by atoms with E-state index in [0.717, 1.165) is 5.56 Å². The van der Waals surface area contributed by atoms with Gasteiger partial charge < -0.3 is 14.2 Å². The number of carbonyl (C=O) groups is 1. The topological polar surface area (TPSA) is 68.5 Å². The molecule has 0 N–H and O–H groups in total. The third-order valence-electron chi connectivity index (χ3n) is 3.38. The molecule has 1 atom stereocenters. The molecule has 2 heterocycles. The van der Waals surface area contributed by atoms with E-state index < -0.39 is 0 Å². The summed E-state index contributed by atoms with van der Waals surface area (Å²) in [7, 11) is 0. The fourth-order valence-corrected chi connectivity index (χ4v) is 2.37. The van der Waals surface area contributed by atoms with Crippen molar-refractivity contribution < 1.29 is 14.1 Å². The predicted octanol–water partition coefficient (Wildman–Crippen LogP) is 2.34. The van der Waals surface area contributed by atoms with Gasteiger partial charge in [-0.3, -0.25) is 4.79 Å². The largest absolute Gasteiger partial charge is 0.377 e. The minimum absolute atomic E-state index is 0.118. The number of hydrogen-bond donors (Lipinski definition) is 0. The number of carbonyl (C=O) groups excluding carboxylic acids is 1. The Morgan fingerprint density at radius 1 is 1.36 bits per heavy atom. The summed E-state index contributed by atoms with van der Waals surface area (Å²) >= 11 is 5.84. The predicted molar refractivity (Wildman–Crippen MR) is 80.1 cm³/mol. The molecular formula is C15H14ClN3O3. The van der Waals surface area contributed by atoms with Gasteiger partial charge in [0.25, 0.3) is 0 Å². The van der Waals surface area contributed by atoms with Crippen molar-refractivity contribution in [3.63, 3.8) is 0 Å². The smallest absolute Gasteiger partial charge is 0.247 e. The van der Waals surface area contributed by atoms with Crippen LogP contribution in [0.5, 0.6) is 0 Å². The lowest BCUT2D eigenvalue weighted by Gasteiger charge is -2.32. The molecule has 114 valence electrons. The Bertz CT molecular complexity index is 655. The summed E-state index contributed by atoms with van der Waals surface area (Å²) in [6.07, 6.45) is 4.53. The molecule has 22 heavy (non-hydrogen) atoms. The second-order valence-electron chi connectivity index (χ2n) is 4.80. The first-order valence-corrected chi connectivity index (χ1v) is 7.20. The van der Waals surface area contributed by atoms with E-state index in [1.807, 2.05) is 12.1 Å². The average Bonchev–Trinajstić information content (AvgIpc) is 3.08. The summed E-state index contributed by atoms with van der Waals surface area (Å²) in [4.78, 5) is 18.1. The summed E-state index contributed by atoms with van der Waals surface area (Å²) < 4.78 is 10.2. The first kappa shape index (κ1) is 14.7. The first-order chi connectivity index (χ1) is 10.7. The molecule has 0 bridgehead atoms. The molecule has 1 aromatic carbocycles. The number of aromatic nitrogens is 2. The number of benzene rings is 1. The van der Waals surface area contributed by atoms with E-state index in [4.69, 9.17) is 20.9 Å². The Balaban J connectivity index is 1.73. The van der Waals surface area contributed by atoms with Crippen molar-refractivity contribution in [3.8, 4) is 0 Å². The summed E-state index contributed by atoms with van der Waals surface area (Å²) in [6.45, 7) is 1.35. The normalized spacial score (nSPS) is 18.8. The van der Waals surface area contributed by atoms with Gasteiger partial charge in [-0.25, -0.2) is 0 Å². The third-order valence-corrected chi connectivity index (χ3v) is 3.63. The quantitative estimate of drug-likeness (QED) is 0.812. The SMILES string of the molecule is O=C(C=Cc1ccc(Cl)cc1)N1CCOCC1c1ncon1. The molecule has 1 saturated heterocycles. The molecule has 2 aromatic rings. The summed E-state index contributed by atoms with van der Waals surface area (Å²) in [5.41, 5.74) is 0.905. The second kappa shape index (κ2) is 6.72. The van der Waals surface area contributed by atoms with Crippen molar-refractivity contribution >= 4 is 23.6 Å². The van der Waals surface area contributed by atoms with E-state index in [-0.39, 0.29) is 11.9 Å². The van der Waals surface area contributed by atoms with Crippen molar-refractivity contribution in [2.24, 2.45) is 0 Å². The number of morpholine rings is 1. The molecule has 7 heteroatoms. The number of amides is 1. The minimum Gasteiger partial charge on any atom is -0.377 e. The first-order valence-electron chi connectivity index (χ1n) is 6.82. The van der Waals surface area contributed by atoms with Crippen LogP contribution in [-0.2, 0) is 9.53 Å². The van der Waals surface area contributed by atoms with E-state index in [0.29, 0.717) is 30.6 Å². The van der Waals surface area contributed by atoms with Crippen LogP contribution in [0, 0.1) is 0 Å². The highest BCUT2D eigenvalue weighted by atomic mass is 35.5. The van der Waals surface area contributed by atoms with Crippen molar-refractivity contribution in [2.75, 3.05) is 19.8 Å². The van der Waals surface area contributed by atoms with Crippen molar-refractivity contribution in [2.45, 2.75) is 6.04 Å². The molecule has 0 radical (unpaired) electrons. The highest BCUT2D eigenvalue weighted by Crippen LogP contribution is 2.21. The molecule has 1 aliphatic rings. The van der Waals surface area contributed by atoms with Gasteiger partial charge in [-0.2, -0.15) is 4.98 Å². The zero-order valence-corrected chi connectivity index (χ0v) is 12.4. The molecule has 0 saturated carbocycles. The van der Waals surface area contributed by atoms with Crippen LogP contribution in [0.3, 0.4) is 0 Å². The van der Waals surface area contributed by atoms with Gasteiger partial charge >= 0.3 is 0 Å². The summed E-state index contributed by atoms with van der Waals surface area (Å²) in [5, 5.41) is 4.46. The van der Waals surface area contributed by atoms with Gasteiger partial charge in [0.15, 0.2) is 5.82 Å². The zero-order valence-electron chi connectivity index (χ0n) is 11.7. The van der Waals surface area contributed by atoms with E-state index in [1.165, 1.54) is 12.5 Å². The van der Waals surface area contributed by atoms with Gasteiger partial charge in [-0.15, -0.1) is 0 Å². The Kier molecular flexibility index (Phi) is 4.50. The Morgan fingerprint density at radius 2 is 2.18 bits per heavy atom. The van der Waals surface area contributed by atoms with Crippen LogP contribution in [-0.4, -0.2) is 40.7 Å². The molecule has 1 unspecified atom stereocenters. The minimum atomic E-state index is -0.324. The molecule has 1 aliphatic heterocycles. The highest BCUT2D eigenvalue weighted by molar-refractivity contribution is 6.30. The van der Waals surface area contributed by atoms with Gasteiger partial charge in [0.2, 0.25) is 12.3 Å². The van der Waals surface area contributed by atoms with Crippen LogP contribution >= 0.6 is 11.6 Å². The summed E-state index contributed by atoms with van der Waals surface area (Å²) in [6, 6.07) is 6.94. The van der Waals surface area contributed by atoms with E-state index in [9.17, 15) is 4.79 Å². The standard InChI is InChI=1S/C15H14ClN3O3/c16-12-4-1-11(2-5-12)3-6-14(20)19-7-8-21-9-13(19)15-17-10-22-18-15/h1-6,10,13H,7-9H2. The van der Waals surface area contributed by atoms with Crippen LogP contribution in [0.4, 0.5) is 0 Å². The molecule has 1 fully saturated rings. The van der Waals surface area contributed by atoms with Crippen LogP contribution in [0.2, 0.25) is 5.02 Å². The van der Waals surface area contributed by atoms with Gasteiger partial charge in [0.05, 0.1) is 13.2 Å². The van der Waals surface area contributed by atoms with E-state index in [1.54, 1.807) is 23.1 Å². The molecule has 3 rings (SSSR count). The summed E-state index contributed by atoms with van der Waals surface area (Å²) in [5.74, 6) is 0.334. The van der Waals surface area contributed by atoms with Gasteiger partial charge in [-0.05, 0) is 23.8 Å². The van der Waals surface area contributed by atoms with Crippen LogP contribution in [0.1, 0.15) is 17.4 Å². The number of rotatable bonds is 3. The highest BCUT2D eigenvalue weighted by Gasteiger charge is 2.30. The van der Waals surface area contributed by atoms with Crippen molar-refractivity contribution in [3.05, 3.63) is 53.1 Å². The maximum atomic E-state index is 12.4. The van der Waals surface area contributed by atoms with Crippen molar-refractivity contribution in [1.29, 1.82) is 0 Å². The van der Waals surface area contributed by atoms with Crippen LogP contribution in [0.25, 0.3) is 6.08 Å². The fourth-order valence-electron chi connectivity index (χ4n) is 2.24. The molecule has 0 aliphatic carbocycles. The molecule has 1 amide bonds. The second-order valence-corrected chi connectivity index (χ2v) is 5.23. The Labute approximate surface area is 132 Å². The lowest BCUT2D eigenvalue weighted by molar-refractivity contribution is -0.135.